The predicted octanol–water partition coefficient (Wildman–Crippen LogP) is 2.91. The molecule has 0 unspecified atom stereocenters. The monoisotopic (exact) mass is 378 g/mol. The molecule has 0 saturated carbocycles. The third-order valence-corrected chi connectivity index (χ3v) is 3.60. The van der Waals surface area contributed by atoms with Crippen LogP contribution >= 0.6 is 28.3 Å². The lowest BCUT2D eigenvalue weighted by atomic mass is 10.2. The SMILES string of the molecule is CCCN(CC(=O)O)CC(=O)Nc1ccc(Br)c(C)c1.Cl. The molecule has 0 saturated heterocycles. The second-order valence-electron chi connectivity index (χ2n) is 4.62. The Morgan fingerprint density at radius 3 is 2.52 bits per heavy atom. The van der Waals surface area contributed by atoms with Crippen molar-refractivity contribution in [2.45, 2.75) is 20.3 Å². The first-order chi connectivity index (χ1) is 9.42. The fourth-order valence-electron chi connectivity index (χ4n) is 1.85. The van der Waals surface area contributed by atoms with Crippen LogP contribution in [0, 0.1) is 6.92 Å². The lowest BCUT2D eigenvalue weighted by Crippen LogP contribution is -2.37. The molecule has 118 valence electrons. The van der Waals surface area contributed by atoms with Gasteiger partial charge in [-0.25, -0.2) is 0 Å². The molecule has 0 bridgehead atoms. The Morgan fingerprint density at radius 1 is 1.33 bits per heavy atom. The fourth-order valence-corrected chi connectivity index (χ4v) is 2.09. The molecule has 0 atom stereocenters. The normalized spacial score (nSPS) is 10.1. The van der Waals surface area contributed by atoms with E-state index in [0.29, 0.717) is 12.2 Å². The number of carbonyl (C=O) groups excluding carboxylic acids is 1. The molecular weight excluding hydrogens is 360 g/mol. The third-order valence-electron chi connectivity index (χ3n) is 2.71. The van der Waals surface area contributed by atoms with Crippen LogP contribution in [0.15, 0.2) is 22.7 Å². The quantitative estimate of drug-likeness (QED) is 0.764. The number of hydrogen-bond donors (Lipinski definition) is 2. The van der Waals surface area contributed by atoms with Gasteiger partial charge in [0.25, 0.3) is 0 Å². The van der Waals surface area contributed by atoms with E-state index in [4.69, 9.17) is 5.11 Å². The summed E-state index contributed by atoms with van der Waals surface area (Å²) in [7, 11) is 0. The van der Waals surface area contributed by atoms with E-state index in [-0.39, 0.29) is 31.4 Å². The molecule has 1 aromatic rings. The average Bonchev–Trinajstić information content (AvgIpc) is 2.33. The molecule has 7 heteroatoms. The van der Waals surface area contributed by atoms with Crippen LogP contribution in [0.5, 0.6) is 0 Å². The van der Waals surface area contributed by atoms with Crippen molar-refractivity contribution in [1.29, 1.82) is 0 Å². The zero-order valence-corrected chi connectivity index (χ0v) is 14.5. The summed E-state index contributed by atoms with van der Waals surface area (Å²) in [5, 5.41) is 11.6. The van der Waals surface area contributed by atoms with Gasteiger partial charge in [0.1, 0.15) is 0 Å². The van der Waals surface area contributed by atoms with E-state index in [0.717, 1.165) is 16.5 Å². The van der Waals surface area contributed by atoms with E-state index >= 15 is 0 Å². The largest absolute Gasteiger partial charge is 0.480 e. The van der Waals surface area contributed by atoms with E-state index in [9.17, 15) is 9.59 Å². The van der Waals surface area contributed by atoms with Gasteiger partial charge >= 0.3 is 5.97 Å². The minimum absolute atomic E-state index is 0. The molecular formula is C14H20BrClN2O3. The van der Waals surface area contributed by atoms with Gasteiger partial charge in [-0.1, -0.05) is 22.9 Å². The van der Waals surface area contributed by atoms with Gasteiger partial charge in [0, 0.05) is 10.2 Å². The summed E-state index contributed by atoms with van der Waals surface area (Å²) in [4.78, 5) is 24.3. The number of amides is 1. The Morgan fingerprint density at radius 2 is 2.00 bits per heavy atom. The Kier molecular flexibility index (Phi) is 9.24. The maximum atomic E-state index is 11.9. The summed E-state index contributed by atoms with van der Waals surface area (Å²) in [6.07, 6.45) is 0.804. The molecule has 1 rings (SSSR count). The molecule has 1 amide bonds. The minimum Gasteiger partial charge on any atom is -0.480 e. The average molecular weight is 380 g/mol. The summed E-state index contributed by atoms with van der Waals surface area (Å²) in [6, 6.07) is 5.53. The van der Waals surface area contributed by atoms with Crippen LogP contribution in [0.4, 0.5) is 5.69 Å². The van der Waals surface area contributed by atoms with Crippen LogP contribution in [0.1, 0.15) is 18.9 Å². The minimum atomic E-state index is -0.925. The number of hydrogen-bond acceptors (Lipinski definition) is 3. The first kappa shape index (κ1) is 19.9. The Labute approximate surface area is 139 Å². The fraction of sp³-hybridized carbons (Fsp3) is 0.429. The van der Waals surface area contributed by atoms with Crippen LogP contribution in [-0.2, 0) is 9.59 Å². The predicted molar refractivity (Wildman–Crippen MR) is 89.1 cm³/mol. The van der Waals surface area contributed by atoms with Gasteiger partial charge in [0.05, 0.1) is 13.1 Å². The topological polar surface area (TPSA) is 69.6 Å². The number of halogens is 2. The standard InChI is InChI=1S/C14H19BrN2O3.ClH/c1-3-6-17(9-14(19)20)8-13(18)16-11-4-5-12(15)10(2)7-11;/h4-5,7H,3,6,8-9H2,1-2H3,(H,16,18)(H,19,20);1H. The molecule has 0 radical (unpaired) electrons. The Balaban J connectivity index is 0.00000400. The molecule has 1 aromatic carbocycles. The second kappa shape index (κ2) is 9.76. The number of aliphatic carboxylic acids is 1. The number of nitrogens with zero attached hydrogens (tertiary/aromatic N) is 1. The lowest BCUT2D eigenvalue weighted by molar-refractivity contribution is -0.138. The van der Waals surface area contributed by atoms with E-state index in [1.165, 1.54) is 0 Å². The van der Waals surface area contributed by atoms with E-state index in [2.05, 4.69) is 21.2 Å². The molecule has 2 N–H and O–H groups in total. The highest BCUT2D eigenvalue weighted by Gasteiger charge is 2.13. The van der Waals surface area contributed by atoms with Gasteiger partial charge < -0.3 is 10.4 Å². The van der Waals surface area contributed by atoms with Gasteiger partial charge in [-0.15, -0.1) is 12.4 Å². The molecule has 0 heterocycles. The molecule has 21 heavy (non-hydrogen) atoms. The van der Waals surface area contributed by atoms with Crippen LogP contribution in [0.2, 0.25) is 0 Å². The zero-order chi connectivity index (χ0) is 15.1. The van der Waals surface area contributed by atoms with Crippen molar-refractivity contribution in [3.05, 3.63) is 28.2 Å². The van der Waals surface area contributed by atoms with Crippen molar-refractivity contribution in [3.63, 3.8) is 0 Å². The van der Waals surface area contributed by atoms with Crippen molar-refractivity contribution in [2.24, 2.45) is 0 Å². The Bertz CT molecular complexity index is 497. The lowest BCUT2D eigenvalue weighted by Gasteiger charge is -2.18. The summed E-state index contributed by atoms with van der Waals surface area (Å²) >= 11 is 3.40. The van der Waals surface area contributed by atoms with Crippen LogP contribution in [0.25, 0.3) is 0 Å². The van der Waals surface area contributed by atoms with Gasteiger partial charge in [0.2, 0.25) is 5.91 Å². The highest BCUT2D eigenvalue weighted by atomic mass is 79.9. The third kappa shape index (κ3) is 7.45. The van der Waals surface area contributed by atoms with Crippen molar-refractivity contribution in [3.8, 4) is 0 Å². The van der Waals surface area contributed by atoms with E-state index in [1.807, 2.05) is 26.0 Å². The molecule has 0 aliphatic rings. The number of carbonyl (C=O) groups is 2. The molecule has 0 aromatic heterocycles. The highest BCUT2D eigenvalue weighted by Crippen LogP contribution is 2.19. The molecule has 0 aliphatic carbocycles. The number of carboxylic acid groups (broad SMARTS) is 1. The number of aryl methyl sites for hydroxylation is 1. The first-order valence-electron chi connectivity index (χ1n) is 6.42. The highest BCUT2D eigenvalue weighted by molar-refractivity contribution is 9.10. The van der Waals surface area contributed by atoms with Gasteiger partial charge in [-0.3, -0.25) is 14.5 Å². The van der Waals surface area contributed by atoms with Crippen molar-refractivity contribution in [1.82, 2.24) is 4.90 Å². The number of nitrogens with one attached hydrogen (secondary N) is 1. The number of anilines is 1. The summed E-state index contributed by atoms with van der Waals surface area (Å²) in [5.41, 5.74) is 1.74. The smallest absolute Gasteiger partial charge is 0.317 e. The summed E-state index contributed by atoms with van der Waals surface area (Å²) in [6.45, 7) is 4.42. The van der Waals surface area contributed by atoms with Crippen molar-refractivity contribution in [2.75, 3.05) is 25.0 Å². The summed E-state index contributed by atoms with van der Waals surface area (Å²) in [5.74, 6) is -1.13. The number of carboxylic acids is 1. The number of rotatable bonds is 7. The van der Waals surface area contributed by atoms with Crippen molar-refractivity contribution >= 4 is 45.9 Å². The second-order valence-corrected chi connectivity index (χ2v) is 5.47. The van der Waals surface area contributed by atoms with Crippen molar-refractivity contribution < 1.29 is 14.7 Å². The maximum absolute atomic E-state index is 11.9. The van der Waals surface area contributed by atoms with E-state index < -0.39 is 5.97 Å². The first-order valence-corrected chi connectivity index (χ1v) is 7.21. The molecule has 5 nitrogen and oxygen atoms in total. The van der Waals surface area contributed by atoms with Crippen LogP contribution in [-0.4, -0.2) is 41.5 Å². The molecule has 0 spiro atoms. The number of benzene rings is 1. The van der Waals surface area contributed by atoms with Gasteiger partial charge in [-0.2, -0.15) is 0 Å². The van der Waals surface area contributed by atoms with E-state index in [1.54, 1.807) is 11.0 Å². The van der Waals surface area contributed by atoms with Crippen LogP contribution in [0.3, 0.4) is 0 Å². The summed E-state index contributed by atoms with van der Waals surface area (Å²) < 4.78 is 0.981. The Hall–Kier alpha value is -1.11. The molecule has 0 fully saturated rings. The maximum Gasteiger partial charge on any atom is 0.317 e. The zero-order valence-electron chi connectivity index (χ0n) is 12.1. The van der Waals surface area contributed by atoms with Crippen LogP contribution < -0.4 is 5.32 Å². The molecule has 0 aliphatic heterocycles. The van der Waals surface area contributed by atoms with Gasteiger partial charge in [0.15, 0.2) is 0 Å². The van der Waals surface area contributed by atoms with Gasteiger partial charge in [-0.05, 0) is 43.7 Å².